The van der Waals surface area contributed by atoms with Crippen molar-refractivity contribution in [1.82, 2.24) is 24.4 Å². The summed E-state index contributed by atoms with van der Waals surface area (Å²) in [7, 11) is 0. The molecule has 0 atom stereocenters. The number of nitro groups is 1. The lowest BCUT2D eigenvalue weighted by Gasteiger charge is -2.34. The summed E-state index contributed by atoms with van der Waals surface area (Å²) < 4.78 is 1.89. The zero-order chi connectivity index (χ0) is 30.6. The van der Waals surface area contributed by atoms with Crippen LogP contribution in [-0.2, 0) is 13.1 Å². The summed E-state index contributed by atoms with van der Waals surface area (Å²) in [5.74, 6) is 1.05. The molecule has 0 bridgehead atoms. The van der Waals surface area contributed by atoms with E-state index in [0.29, 0.717) is 77.9 Å². The van der Waals surface area contributed by atoms with Crippen LogP contribution in [0.15, 0.2) is 79.1 Å². The molecule has 0 radical (unpaired) electrons. The number of amides is 2. The third-order valence-electron chi connectivity index (χ3n) is 7.30. The van der Waals surface area contributed by atoms with Crippen LogP contribution in [-0.4, -0.2) is 61.6 Å². The number of anilines is 3. The third-order valence-corrected chi connectivity index (χ3v) is 7.92. The van der Waals surface area contributed by atoms with Crippen LogP contribution in [0.2, 0.25) is 10.0 Å². The van der Waals surface area contributed by atoms with E-state index >= 15 is 0 Å². The second-order valence-corrected chi connectivity index (χ2v) is 11.0. The molecule has 44 heavy (non-hydrogen) atoms. The summed E-state index contributed by atoms with van der Waals surface area (Å²) in [6, 6.07) is 20.8. The molecule has 1 saturated heterocycles. The molecule has 1 aliphatic rings. The van der Waals surface area contributed by atoms with E-state index in [1.165, 1.54) is 12.1 Å². The van der Waals surface area contributed by atoms with Gasteiger partial charge in [0.05, 0.1) is 17.8 Å². The maximum atomic E-state index is 12.9. The van der Waals surface area contributed by atoms with E-state index in [0.717, 1.165) is 11.1 Å². The molecule has 2 aromatic heterocycles. The zero-order valence-electron chi connectivity index (χ0n) is 23.4. The lowest BCUT2D eigenvalue weighted by atomic mass is 10.2. The van der Waals surface area contributed by atoms with Crippen molar-refractivity contribution < 1.29 is 9.72 Å². The number of aromatic nitrogens is 4. The van der Waals surface area contributed by atoms with Crippen molar-refractivity contribution >= 4 is 63.5 Å². The monoisotopic (exact) mass is 631 g/mol. The minimum absolute atomic E-state index is 0.0286. The first kappa shape index (κ1) is 29.1. The number of non-ortho nitro benzene ring substituents is 1. The van der Waals surface area contributed by atoms with Gasteiger partial charge in [-0.1, -0.05) is 53.5 Å². The molecule has 1 aliphatic heterocycles. The topological polar surface area (TPSA) is 134 Å². The summed E-state index contributed by atoms with van der Waals surface area (Å²) >= 11 is 12.4. The van der Waals surface area contributed by atoms with Crippen LogP contribution in [0.1, 0.15) is 11.1 Å². The van der Waals surface area contributed by atoms with E-state index in [1.54, 1.807) is 47.6 Å². The number of hydrogen-bond donors (Lipinski definition) is 2. The van der Waals surface area contributed by atoms with Crippen LogP contribution in [0, 0.1) is 10.1 Å². The standard InChI is InChI=1S/C30H27Cl2N9O3/c31-22-7-9-23(10-8-22)35-30(42)39-15-13-38(14-16-39)29-36-27(33-17-21-3-1-2-4-25(21)32)26-28(37-29)40(19-34-26)18-20-5-11-24(12-6-20)41(43)44/h1-12,19H,13-18H2,(H,35,42)(H,33,36,37). The number of hydrogen-bond acceptors (Lipinski definition) is 8. The van der Waals surface area contributed by atoms with Gasteiger partial charge in [-0.05, 0) is 41.5 Å². The fourth-order valence-electron chi connectivity index (χ4n) is 4.90. The molecule has 5 aromatic rings. The van der Waals surface area contributed by atoms with E-state index in [2.05, 4.69) is 15.6 Å². The van der Waals surface area contributed by atoms with Crippen molar-refractivity contribution in [2.24, 2.45) is 0 Å². The largest absolute Gasteiger partial charge is 0.364 e. The van der Waals surface area contributed by atoms with Gasteiger partial charge < -0.3 is 25.0 Å². The van der Waals surface area contributed by atoms with Crippen molar-refractivity contribution in [3.63, 3.8) is 0 Å². The number of fused-ring (bicyclic) bond motifs is 1. The fraction of sp³-hybridized carbons (Fsp3) is 0.200. The number of rotatable bonds is 8. The Labute approximate surface area is 262 Å². The molecule has 0 saturated carbocycles. The highest BCUT2D eigenvalue weighted by Gasteiger charge is 2.25. The van der Waals surface area contributed by atoms with Gasteiger partial charge in [-0.3, -0.25) is 10.1 Å². The smallest absolute Gasteiger partial charge is 0.321 e. The average molecular weight is 633 g/mol. The zero-order valence-corrected chi connectivity index (χ0v) is 24.9. The Morgan fingerprint density at radius 2 is 1.66 bits per heavy atom. The average Bonchev–Trinajstić information content (AvgIpc) is 3.44. The van der Waals surface area contributed by atoms with Gasteiger partial charge in [0.25, 0.3) is 5.69 Å². The fourth-order valence-corrected chi connectivity index (χ4v) is 5.23. The number of nitrogens with one attached hydrogen (secondary N) is 2. The maximum Gasteiger partial charge on any atom is 0.321 e. The Bertz CT molecular complexity index is 1810. The highest BCUT2D eigenvalue weighted by atomic mass is 35.5. The molecule has 2 amide bonds. The molecule has 224 valence electrons. The summed E-state index contributed by atoms with van der Waals surface area (Å²) in [6.07, 6.45) is 1.68. The number of benzene rings is 3. The van der Waals surface area contributed by atoms with E-state index in [1.807, 2.05) is 33.7 Å². The predicted molar refractivity (Wildman–Crippen MR) is 171 cm³/mol. The first-order valence-electron chi connectivity index (χ1n) is 13.8. The number of nitro benzene ring substituents is 1. The van der Waals surface area contributed by atoms with E-state index in [4.69, 9.17) is 33.2 Å². The number of imidazole rings is 1. The predicted octanol–water partition coefficient (Wildman–Crippen LogP) is 6.06. The van der Waals surface area contributed by atoms with Crippen LogP contribution in [0.25, 0.3) is 11.2 Å². The van der Waals surface area contributed by atoms with Gasteiger partial charge in [0.15, 0.2) is 17.0 Å². The van der Waals surface area contributed by atoms with Gasteiger partial charge in [0.2, 0.25) is 5.95 Å². The van der Waals surface area contributed by atoms with Gasteiger partial charge in [0, 0.05) is 60.6 Å². The van der Waals surface area contributed by atoms with Gasteiger partial charge in [0.1, 0.15) is 0 Å². The number of piperazine rings is 1. The van der Waals surface area contributed by atoms with Gasteiger partial charge in [-0.25, -0.2) is 9.78 Å². The second kappa shape index (κ2) is 12.7. The molecule has 14 heteroatoms. The number of carbonyl (C=O) groups is 1. The molecule has 6 rings (SSSR count). The molecule has 12 nitrogen and oxygen atoms in total. The minimum atomic E-state index is -0.423. The Morgan fingerprint density at radius 1 is 0.932 bits per heavy atom. The minimum Gasteiger partial charge on any atom is -0.364 e. The lowest BCUT2D eigenvalue weighted by molar-refractivity contribution is -0.384. The molecule has 3 aromatic carbocycles. The van der Waals surface area contributed by atoms with Gasteiger partial charge >= 0.3 is 6.03 Å². The normalized spacial score (nSPS) is 13.2. The van der Waals surface area contributed by atoms with Crippen LogP contribution in [0.3, 0.4) is 0 Å². The van der Waals surface area contributed by atoms with E-state index in [-0.39, 0.29) is 11.7 Å². The number of urea groups is 1. The summed E-state index contributed by atoms with van der Waals surface area (Å²) in [5, 5.41) is 18.6. The molecule has 0 spiro atoms. The molecule has 2 N–H and O–H groups in total. The van der Waals surface area contributed by atoms with Crippen molar-refractivity contribution in [3.05, 3.63) is 110 Å². The molecular formula is C30H27Cl2N9O3. The van der Waals surface area contributed by atoms with E-state index < -0.39 is 4.92 Å². The Hall–Kier alpha value is -4.94. The molecule has 1 fully saturated rings. The van der Waals surface area contributed by atoms with Crippen LogP contribution in [0.5, 0.6) is 0 Å². The van der Waals surface area contributed by atoms with Gasteiger partial charge in [-0.15, -0.1) is 0 Å². The van der Waals surface area contributed by atoms with Crippen LogP contribution >= 0.6 is 23.2 Å². The maximum absolute atomic E-state index is 12.9. The van der Waals surface area contributed by atoms with E-state index in [9.17, 15) is 14.9 Å². The first-order chi connectivity index (χ1) is 21.3. The quantitative estimate of drug-likeness (QED) is 0.156. The van der Waals surface area contributed by atoms with Crippen molar-refractivity contribution in [2.75, 3.05) is 41.7 Å². The Balaban J connectivity index is 1.24. The second-order valence-electron chi connectivity index (χ2n) is 10.2. The lowest BCUT2D eigenvalue weighted by Crippen LogP contribution is -2.50. The summed E-state index contributed by atoms with van der Waals surface area (Å²) in [6.45, 7) is 2.85. The number of halogens is 2. The first-order valence-corrected chi connectivity index (χ1v) is 14.6. The molecular weight excluding hydrogens is 605 g/mol. The third kappa shape index (κ3) is 6.51. The molecule has 0 aliphatic carbocycles. The highest BCUT2D eigenvalue weighted by molar-refractivity contribution is 6.31. The molecule has 0 unspecified atom stereocenters. The summed E-state index contributed by atoms with van der Waals surface area (Å²) in [4.78, 5) is 41.7. The number of nitrogens with zero attached hydrogens (tertiary/aromatic N) is 7. The van der Waals surface area contributed by atoms with Crippen molar-refractivity contribution in [3.8, 4) is 0 Å². The van der Waals surface area contributed by atoms with Crippen LogP contribution < -0.4 is 15.5 Å². The van der Waals surface area contributed by atoms with Gasteiger partial charge in [-0.2, -0.15) is 9.97 Å². The summed E-state index contributed by atoms with van der Waals surface area (Å²) in [5.41, 5.74) is 3.67. The van der Waals surface area contributed by atoms with Crippen molar-refractivity contribution in [1.29, 1.82) is 0 Å². The number of carbonyl (C=O) groups excluding carboxylic acids is 1. The van der Waals surface area contributed by atoms with Crippen LogP contribution in [0.4, 0.5) is 27.9 Å². The Kier molecular flexibility index (Phi) is 8.44. The Morgan fingerprint density at radius 3 is 2.36 bits per heavy atom. The van der Waals surface area contributed by atoms with Crippen molar-refractivity contribution in [2.45, 2.75) is 13.1 Å². The molecule has 3 heterocycles. The highest BCUT2D eigenvalue weighted by Crippen LogP contribution is 2.26. The SMILES string of the molecule is O=C(Nc1ccc(Cl)cc1)N1CCN(c2nc(NCc3ccccc3Cl)c3ncn(Cc4ccc([N+](=O)[O-])cc4)c3n2)CC1.